The molecule has 0 radical (unpaired) electrons. The average molecular weight is 337 g/mol. The zero-order chi connectivity index (χ0) is 16.8. The number of benzene rings is 1. The van der Waals surface area contributed by atoms with Crippen LogP contribution in [0.2, 0.25) is 0 Å². The van der Waals surface area contributed by atoms with Crippen molar-refractivity contribution < 1.29 is 0 Å². The normalized spacial score (nSPS) is 11.5. The van der Waals surface area contributed by atoms with Crippen molar-refractivity contribution in [2.45, 2.75) is 19.0 Å². The summed E-state index contributed by atoms with van der Waals surface area (Å²) in [5.74, 6) is 0.496. The molecule has 0 saturated heterocycles. The third kappa shape index (κ3) is 2.28. The van der Waals surface area contributed by atoms with E-state index in [-0.39, 0.29) is 5.56 Å². The number of aromatic nitrogens is 5. The van der Waals surface area contributed by atoms with Gasteiger partial charge in [-0.3, -0.25) is 9.36 Å². The molecule has 7 heteroatoms. The number of pyridine rings is 1. The Morgan fingerprint density at radius 2 is 1.88 bits per heavy atom. The summed E-state index contributed by atoms with van der Waals surface area (Å²) in [5.41, 5.74) is 3.67. The van der Waals surface area contributed by atoms with Crippen LogP contribution in [-0.4, -0.2) is 30.4 Å². The first kappa shape index (κ1) is 14.9. The maximum Gasteiger partial charge on any atom is 0.266 e. The summed E-state index contributed by atoms with van der Waals surface area (Å²) in [7, 11) is 0. The Bertz CT molecular complexity index is 1120. The van der Waals surface area contributed by atoms with E-state index in [4.69, 9.17) is 0 Å². The largest absolute Gasteiger partial charge is 0.284 e. The first-order valence-electron chi connectivity index (χ1n) is 7.46. The minimum Gasteiger partial charge on any atom is -0.284 e. The molecule has 0 atom stereocenters. The number of rotatable bonds is 2. The number of aryl methyl sites for hydroxylation is 2. The van der Waals surface area contributed by atoms with Crippen molar-refractivity contribution in [2.75, 3.05) is 6.26 Å². The molecule has 4 aromatic rings. The van der Waals surface area contributed by atoms with E-state index >= 15 is 0 Å². The highest BCUT2D eigenvalue weighted by molar-refractivity contribution is 7.98. The number of hydrogen-bond acceptors (Lipinski definition) is 5. The summed E-state index contributed by atoms with van der Waals surface area (Å²) in [6.45, 7) is 4.04. The molecule has 4 rings (SSSR count). The topological polar surface area (TPSA) is 65.1 Å². The maximum absolute atomic E-state index is 12.9. The molecule has 0 aliphatic heterocycles. The number of thioether (sulfide) groups is 1. The molecule has 0 spiro atoms. The fourth-order valence-electron chi connectivity index (χ4n) is 2.88. The van der Waals surface area contributed by atoms with Gasteiger partial charge in [-0.1, -0.05) is 17.8 Å². The Hall–Kier alpha value is -2.67. The lowest BCUT2D eigenvalue weighted by Gasteiger charge is -2.09. The van der Waals surface area contributed by atoms with Gasteiger partial charge in [-0.15, -0.1) is 5.10 Å². The molecular formula is C17H15N5OS. The van der Waals surface area contributed by atoms with Crippen LogP contribution in [0.1, 0.15) is 11.1 Å². The molecule has 120 valence electrons. The summed E-state index contributed by atoms with van der Waals surface area (Å²) in [6, 6.07) is 7.95. The average Bonchev–Trinajstić information content (AvgIpc) is 2.98. The van der Waals surface area contributed by atoms with E-state index in [0.717, 1.165) is 16.8 Å². The molecule has 0 fully saturated rings. The molecule has 6 nitrogen and oxygen atoms in total. The highest BCUT2D eigenvalue weighted by Gasteiger charge is 2.12. The molecular weight excluding hydrogens is 322 g/mol. The van der Waals surface area contributed by atoms with Crippen molar-refractivity contribution in [3.8, 4) is 5.69 Å². The maximum atomic E-state index is 12.9. The second kappa shape index (κ2) is 5.45. The van der Waals surface area contributed by atoms with E-state index in [2.05, 4.69) is 21.1 Å². The fraction of sp³-hybridized carbons (Fsp3) is 0.176. The van der Waals surface area contributed by atoms with Crippen molar-refractivity contribution in [1.82, 2.24) is 24.1 Å². The van der Waals surface area contributed by atoms with Gasteiger partial charge < -0.3 is 0 Å². The Morgan fingerprint density at radius 1 is 1.12 bits per heavy atom. The molecule has 0 saturated carbocycles. The van der Waals surface area contributed by atoms with Gasteiger partial charge in [0.05, 0.1) is 10.9 Å². The lowest BCUT2D eigenvalue weighted by atomic mass is 10.1. The number of nitrogens with zero attached hydrogens (tertiary/aromatic N) is 5. The first-order chi connectivity index (χ1) is 11.6. The summed E-state index contributed by atoms with van der Waals surface area (Å²) in [6.07, 6.45) is 5.26. The van der Waals surface area contributed by atoms with E-state index in [1.165, 1.54) is 11.8 Å². The van der Waals surface area contributed by atoms with Crippen LogP contribution in [0.3, 0.4) is 0 Å². The van der Waals surface area contributed by atoms with Crippen LogP contribution >= 0.6 is 11.8 Å². The van der Waals surface area contributed by atoms with Gasteiger partial charge in [0.25, 0.3) is 11.3 Å². The van der Waals surface area contributed by atoms with Crippen LogP contribution in [0.15, 0.2) is 46.6 Å². The number of fused-ring (bicyclic) bond motifs is 3. The Balaban J connectivity index is 2.01. The van der Waals surface area contributed by atoms with E-state index in [1.807, 2.05) is 38.3 Å². The summed E-state index contributed by atoms with van der Waals surface area (Å²) >= 11 is 1.44. The van der Waals surface area contributed by atoms with Crippen molar-refractivity contribution in [1.29, 1.82) is 0 Å². The van der Waals surface area contributed by atoms with Crippen molar-refractivity contribution in [3.05, 3.63) is 58.1 Å². The predicted octanol–water partition coefficient (Wildman–Crippen LogP) is 2.77. The van der Waals surface area contributed by atoms with Gasteiger partial charge in [0, 0.05) is 18.1 Å². The van der Waals surface area contributed by atoms with Crippen LogP contribution in [0.5, 0.6) is 0 Å². The molecule has 0 amide bonds. The smallest absolute Gasteiger partial charge is 0.266 e. The standard InChI is InChI=1S/C17H15N5OS/c1-10-6-11(2)8-12(7-10)21-5-4-14-13(15(21)23)9-18-16-19-17(24-3)20-22(14)16/h4-9H,1-3H3. The highest BCUT2D eigenvalue weighted by Crippen LogP contribution is 2.17. The van der Waals surface area contributed by atoms with Gasteiger partial charge in [0.1, 0.15) is 0 Å². The van der Waals surface area contributed by atoms with E-state index < -0.39 is 0 Å². The van der Waals surface area contributed by atoms with Crippen molar-refractivity contribution in [2.24, 2.45) is 0 Å². The molecule has 24 heavy (non-hydrogen) atoms. The second-order valence-electron chi connectivity index (χ2n) is 5.70. The molecule has 0 aliphatic carbocycles. The molecule has 0 aliphatic rings. The van der Waals surface area contributed by atoms with Gasteiger partial charge in [-0.25, -0.2) is 4.98 Å². The summed E-state index contributed by atoms with van der Waals surface area (Å²) < 4.78 is 3.26. The van der Waals surface area contributed by atoms with Gasteiger partial charge in [-0.2, -0.15) is 9.50 Å². The SMILES string of the molecule is CSc1nc2ncc3c(=O)n(-c4cc(C)cc(C)c4)ccc3n2n1. The minimum absolute atomic E-state index is 0.117. The van der Waals surface area contributed by atoms with Crippen LogP contribution in [0.25, 0.3) is 22.4 Å². The van der Waals surface area contributed by atoms with Crippen molar-refractivity contribution in [3.63, 3.8) is 0 Å². The third-order valence-electron chi connectivity index (χ3n) is 3.88. The van der Waals surface area contributed by atoms with E-state index in [9.17, 15) is 4.79 Å². The van der Waals surface area contributed by atoms with Gasteiger partial charge in [0.15, 0.2) is 0 Å². The van der Waals surface area contributed by atoms with E-state index in [1.54, 1.807) is 21.5 Å². The Kier molecular flexibility index (Phi) is 3.38. The van der Waals surface area contributed by atoms with Crippen LogP contribution in [0.4, 0.5) is 0 Å². The van der Waals surface area contributed by atoms with Crippen molar-refractivity contribution >= 4 is 28.4 Å². The minimum atomic E-state index is -0.117. The molecule has 3 aromatic heterocycles. The predicted molar refractivity (Wildman–Crippen MR) is 95.1 cm³/mol. The first-order valence-corrected chi connectivity index (χ1v) is 8.69. The molecule has 0 bridgehead atoms. The molecule has 0 N–H and O–H groups in total. The van der Waals surface area contributed by atoms with Gasteiger partial charge in [-0.05, 0) is 49.4 Å². The Morgan fingerprint density at radius 3 is 2.58 bits per heavy atom. The number of hydrogen-bond donors (Lipinski definition) is 0. The third-order valence-corrected chi connectivity index (χ3v) is 4.42. The fourth-order valence-corrected chi connectivity index (χ4v) is 3.22. The second-order valence-corrected chi connectivity index (χ2v) is 6.48. The van der Waals surface area contributed by atoms with Gasteiger partial charge in [0.2, 0.25) is 5.16 Å². The quantitative estimate of drug-likeness (QED) is 0.526. The Labute approximate surface area is 142 Å². The summed E-state index contributed by atoms with van der Waals surface area (Å²) in [5, 5.41) is 5.54. The lowest BCUT2D eigenvalue weighted by Crippen LogP contribution is -2.19. The van der Waals surface area contributed by atoms with Crippen LogP contribution in [-0.2, 0) is 0 Å². The van der Waals surface area contributed by atoms with Crippen LogP contribution < -0.4 is 5.56 Å². The van der Waals surface area contributed by atoms with Crippen LogP contribution in [0, 0.1) is 13.8 Å². The summed E-state index contributed by atoms with van der Waals surface area (Å²) in [4.78, 5) is 21.5. The van der Waals surface area contributed by atoms with E-state index in [0.29, 0.717) is 21.8 Å². The molecule has 1 aromatic carbocycles. The zero-order valence-electron chi connectivity index (χ0n) is 13.5. The van der Waals surface area contributed by atoms with Gasteiger partial charge >= 0.3 is 0 Å². The molecule has 3 heterocycles. The highest BCUT2D eigenvalue weighted by atomic mass is 32.2. The lowest BCUT2D eigenvalue weighted by molar-refractivity contribution is 0.904. The molecule has 0 unspecified atom stereocenters. The monoisotopic (exact) mass is 337 g/mol. The zero-order valence-corrected chi connectivity index (χ0v) is 14.3.